The standard InChI is InChI=1S/C16H8Cl6F24Si2/c17-47(18,19)3-1-5(23,24)7(27,28)9(31,32)11(35,36)13(39,40)15(43,44)16(45,46)14(41,42)12(37,38)10(33,34)8(29,30)6(25,26)2-4-48(20,21)22/h1-4H2. The molecule has 48 heavy (non-hydrogen) atoms. The number of rotatable bonds is 17. The lowest BCUT2D eigenvalue weighted by Crippen LogP contribution is -2.78. The molecule has 0 aromatic rings. The summed E-state index contributed by atoms with van der Waals surface area (Å²) in [6.07, 6.45) is -6.04. The molecular weight excluding hydrogens is 917 g/mol. The lowest BCUT2D eigenvalue weighted by atomic mass is 9.83. The van der Waals surface area contributed by atoms with Crippen molar-refractivity contribution in [2.75, 3.05) is 0 Å². The van der Waals surface area contributed by atoms with Crippen molar-refractivity contribution in [2.24, 2.45) is 0 Å². The minimum atomic E-state index is -9.56. The first-order chi connectivity index (χ1) is 20.2. The van der Waals surface area contributed by atoms with Crippen LogP contribution in [0.15, 0.2) is 0 Å². The van der Waals surface area contributed by atoms with Crippen molar-refractivity contribution >= 4 is 78.5 Å². The Morgan fingerprint density at radius 1 is 0.250 bits per heavy atom. The second kappa shape index (κ2) is 13.1. The van der Waals surface area contributed by atoms with Gasteiger partial charge in [-0.25, -0.2) is 0 Å². The molecule has 0 saturated carbocycles. The average Bonchev–Trinajstić information content (AvgIpc) is 2.84. The first-order valence-electron chi connectivity index (χ1n) is 10.8. The van der Waals surface area contributed by atoms with Gasteiger partial charge in [-0.3, -0.25) is 0 Å². The van der Waals surface area contributed by atoms with Crippen LogP contribution in [0, 0.1) is 0 Å². The molecule has 0 unspecified atom stereocenters. The van der Waals surface area contributed by atoms with Crippen molar-refractivity contribution in [3.05, 3.63) is 0 Å². The van der Waals surface area contributed by atoms with Gasteiger partial charge in [-0.05, 0) is 12.1 Å². The molecule has 0 rings (SSSR count). The van der Waals surface area contributed by atoms with Gasteiger partial charge in [-0.2, -0.15) is 105 Å². The number of hydrogen-bond donors (Lipinski definition) is 0. The topological polar surface area (TPSA) is 0 Å². The Hall–Kier alpha value is 0.494. The molecule has 32 heteroatoms. The fourth-order valence-electron chi connectivity index (χ4n) is 2.95. The minimum Gasteiger partial charge on any atom is -0.200 e. The van der Waals surface area contributed by atoms with E-state index in [0.29, 0.717) is 0 Å². The van der Waals surface area contributed by atoms with Crippen LogP contribution in [0.25, 0.3) is 0 Å². The van der Waals surface area contributed by atoms with E-state index in [4.69, 9.17) is 66.5 Å². The van der Waals surface area contributed by atoms with Crippen LogP contribution in [0.2, 0.25) is 12.1 Å². The predicted molar refractivity (Wildman–Crippen MR) is 125 cm³/mol. The third kappa shape index (κ3) is 7.47. The van der Waals surface area contributed by atoms with Gasteiger partial charge in [0.1, 0.15) is 0 Å². The van der Waals surface area contributed by atoms with Gasteiger partial charge in [-0.1, -0.05) is 0 Å². The lowest BCUT2D eigenvalue weighted by molar-refractivity contribution is -0.478. The highest BCUT2D eigenvalue weighted by atomic mass is 35.8. The summed E-state index contributed by atoms with van der Waals surface area (Å²) in [5, 5.41) is 0. The molecule has 0 spiro atoms. The molecule has 0 aliphatic heterocycles. The molecule has 0 nitrogen and oxygen atoms in total. The largest absolute Gasteiger partial charge is 0.385 e. The van der Waals surface area contributed by atoms with Crippen molar-refractivity contribution in [1.29, 1.82) is 0 Å². The minimum absolute atomic E-state index is 1.96. The Balaban J connectivity index is 7.26. The summed E-state index contributed by atoms with van der Waals surface area (Å²) >= 11 is 29.6. The SMILES string of the molecule is FC(F)(CC[Si](Cl)(Cl)Cl)C(F)(F)C(F)(F)C(F)(F)C(F)(F)C(F)(F)C(F)(F)C(F)(F)C(F)(F)C(F)(F)C(F)(F)C(F)(F)CC[Si](Cl)(Cl)Cl. The van der Waals surface area contributed by atoms with E-state index < -0.39 is 108 Å². The van der Waals surface area contributed by atoms with Gasteiger partial charge in [0, 0.05) is 12.8 Å². The van der Waals surface area contributed by atoms with E-state index in [1.807, 2.05) is 0 Å². The van der Waals surface area contributed by atoms with E-state index in [9.17, 15) is 105 Å². The van der Waals surface area contributed by atoms with Gasteiger partial charge >= 0.3 is 83.1 Å². The van der Waals surface area contributed by atoms with Crippen LogP contribution in [0.1, 0.15) is 12.8 Å². The van der Waals surface area contributed by atoms with E-state index in [1.54, 1.807) is 0 Å². The summed E-state index contributed by atoms with van der Waals surface area (Å²) in [6.45, 7) is 0. The van der Waals surface area contributed by atoms with Gasteiger partial charge in [-0.15, -0.1) is 66.5 Å². The highest BCUT2D eigenvalue weighted by Crippen LogP contribution is 2.68. The number of alkyl halides is 24. The second-order valence-corrected chi connectivity index (χ2v) is 27.9. The van der Waals surface area contributed by atoms with Crippen LogP contribution in [0.3, 0.4) is 0 Å². The molecule has 0 fully saturated rings. The van der Waals surface area contributed by atoms with E-state index in [2.05, 4.69) is 0 Å². The molecular formula is C16H8Cl6F24Si2. The van der Waals surface area contributed by atoms with Crippen molar-refractivity contribution in [3.8, 4) is 0 Å². The van der Waals surface area contributed by atoms with Crippen molar-refractivity contribution in [1.82, 2.24) is 0 Å². The van der Waals surface area contributed by atoms with Gasteiger partial charge in [0.25, 0.3) is 0 Å². The normalized spacial score (nSPS) is 16.9. The first kappa shape index (κ1) is 48.5. The zero-order valence-corrected chi connectivity index (χ0v) is 27.7. The lowest BCUT2D eigenvalue weighted by Gasteiger charge is -2.46. The van der Waals surface area contributed by atoms with Gasteiger partial charge in [0.05, 0.1) is 0 Å². The summed E-state index contributed by atoms with van der Waals surface area (Å²) < 4.78 is 333. The van der Waals surface area contributed by atoms with E-state index in [-0.39, 0.29) is 0 Å². The summed E-state index contributed by atoms with van der Waals surface area (Å²) in [5.74, 6) is -104. The Labute approximate surface area is 279 Å². The van der Waals surface area contributed by atoms with Crippen LogP contribution < -0.4 is 0 Å². The zero-order chi connectivity index (χ0) is 39.8. The maximum atomic E-state index is 14.0. The maximum Gasteiger partial charge on any atom is 0.385 e. The van der Waals surface area contributed by atoms with E-state index >= 15 is 0 Å². The molecule has 0 aromatic carbocycles. The molecule has 0 aliphatic carbocycles. The molecule has 0 amide bonds. The third-order valence-corrected chi connectivity index (χ3v) is 10.9. The molecule has 0 bridgehead atoms. The molecule has 0 heterocycles. The van der Waals surface area contributed by atoms with Crippen LogP contribution >= 0.6 is 66.5 Å². The van der Waals surface area contributed by atoms with E-state index in [1.165, 1.54) is 0 Å². The van der Waals surface area contributed by atoms with Crippen molar-refractivity contribution in [3.63, 3.8) is 0 Å². The smallest absolute Gasteiger partial charge is 0.200 e. The number of hydrogen-bond acceptors (Lipinski definition) is 0. The highest BCUT2D eigenvalue weighted by Gasteiger charge is 2.99. The fraction of sp³-hybridized carbons (Fsp3) is 1.00. The highest BCUT2D eigenvalue weighted by molar-refractivity contribution is 7.65. The zero-order valence-electron chi connectivity index (χ0n) is 21.2. The summed E-state index contributed by atoms with van der Waals surface area (Å²) in [5.41, 5.74) is 0. The van der Waals surface area contributed by atoms with E-state index in [0.717, 1.165) is 0 Å². The van der Waals surface area contributed by atoms with Crippen LogP contribution in [0.5, 0.6) is 0 Å². The van der Waals surface area contributed by atoms with Crippen molar-refractivity contribution in [2.45, 2.75) is 96.0 Å². The first-order valence-corrected chi connectivity index (χ1v) is 21.3. The predicted octanol–water partition coefficient (Wildman–Crippen LogP) is 12.7. The Bertz CT molecular complexity index is 1060. The van der Waals surface area contributed by atoms with Crippen molar-refractivity contribution < 1.29 is 105 Å². The fourth-order valence-corrected chi connectivity index (χ4v) is 5.84. The summed E-state index contributed by atoms with van der Waals surface area (Å²) in [6, 6.07) is -13.2. The van der Waals surface area contributed by atoms with Gasteiger partial charge in [0.15, 0.2) is 0 Å². The summed E-state index contributed by atoms with van der Waals surface area (Å²) in [4.78, 5) is 0. The molecule has 0 atom stereocenters. The number of halogens is 30. The molecule has 0 saturated heterocycles. The molecule has 0 aliphatic rings. The Kier molecular flexibility index (Phi) is 13.2. The second-order valence-electron chi connectivity index (χ2n) is 9.38. The van der Waals surface area contributed by atoms with Crippen LogP contribution in [-0.2, 0) is 0 Å². The van der Waals surface area contributed by atoms with Gasteiger partial charge < -0.3 is 0 Å². The molecule has 0 N–H and O–H groups in total. The average molecular weight is 925 g/mol. The molecule has 0 aromatic heterocycles. The van der Waals surface area contributed by atoms with Crippen LogP contribution in [-0.4, -0.2) is 83.1 Å². The summed E-state index contributed by atoms with van der Waals surface area (Å²) in [7, 11) is 0. The molecule has 290 valence electrons. The maximum absolute atomic E-state index is 14.0. The Morgan fingerprint density at radius 3 is 0.500 bits per heavy atom. The quantitative estimate of drug-likeness (QED) is 0.0775. The molecule has 0 radical (unpaired) electrons. The van der Waals surface area contributed by atoms with Crippen LogP contribution in [0.4, 0.5) is 105 Å². The van der Waals surface area contributed by atoms with Gasteiger partial charge in [0.2, 0.25) is 0 Å². The third-order valence-electron chi connectivity index (χ3n) is 5.91. The monoisotopic (exact) mass is 922 g/mol. The Morgan fingerprint density at radius 2 is 0.375 bits per heavy atom.